The second kappa shape index (κ2) is 4.81. The zero-order valence-electron chi connectivity index (χ0n) is 9.75. The second-order valence-corrected chi connectivity index (χ2v) is 4.66. The summed E-state index contributed by atoms with van der Waals surface area (Å²) in [6, 6.07) is 11.0. The lowest BCUT2D eigenvalue weighted by Crippen LogP contribution is -2.13. The number of rotatable bonds is 2. The van der Waals surface area contributed by atoms with E-state index < -0.39 is 0 Å². The summed E-state index contributed by atoms with van der Waals surface area (Å²) in [5.41, 5.74) is 1.65. The maximum Gasteiger partial charge on any atom is 0.277 e. The Labute approximate surface area is 117 Å². The summed E-state index contributed by atoms with van der Waals surface area (Å²) in [6.07, 6.45) is 3.40. The number of hydrogen-bond acceptors (Lipinski definition) is 3. The lowest BCUT2D eigenvalue weighted by Gasteiger charge is -2.02. The van der Waals surface area contributed by atoms with Crippen molar-refractivity contribution in [2.45, 2.75) is 0 Å². The van der Waals surface area contributed by atoms with Crippen molar-refractivity contribution in [3.8, 4) is 0 Å². The average molecular weight is 317 g/mol. The van der Waals surface area contributed by atoms with Crippen LogP contribution in [0.5, 0.6) is 0 Å². The number of benzene rings is 1. The summed E-state index contributed by atoms with van der Waals surface area (Å²) in [5.74, 6) is -0.274. The topological polar surface area (TPSA) is 59.3 Å². The van der Waals surface area contributed by atoms with Gasteiger partial charge in [-0.2, -0.15) is 5.10 Å². The fourth-order valence-corrected chi connectivity index (χ4v) is 2.26. The molecule has 1 aromatic carbocycles. The lowest BCUT2D eigenvalue weighted by atomic mass is 10.3. The van der Waals surface area contributed by atoms with Crippen LogP contribution in [0.25, 0.3) is 5.65 Å². The standard InChI is InChI=1S/C13H9BrN4O/c14-10-11(17-18-8-4-7-15-12(10)18)13(19)16-9-5-2-1-3-6-9/h1-8H,(H,16,19). The van der Waals surface area contributed by atoms with Crippen molar-refractivity contribution in [1.82, 2.24) is 14.6 Å². The molecule has 0 aliphatic heterocycles. The van der Waals surface area contributed by atoms with Crippen LogP contribution in [-0.4, -0.2) is 20.5 Å². The van der Waals surface area contributed by atoms with Crippen LogP contribution in [-0.2, 0) is 0 Å². The highest BCUT2D eigenvalue weighted by molar-refractivity contribution is 9.10. The largest absolute Gasteiger partial charge is 0.321 e. The van der Waals surface area contributed by atoms with Crippen molar-refractivity contribution in [2.24, 2.45) is 0 Å². The van der Waals surface area contributed by atoms with Gasteiger partial charge in [-0.25, -0.2) is 9.50 Å². The quantitative estimate of drug-likeness (QED) is 0.790. The Morgan fingerprint density at radius 2 is 2.00 bits per heavy atom. The van der Waals surface area contributed by atoms with E-state index in [2.05, 4.69) is 31.3 Å². The minimum absolute atomic E-state index is 0.274. The number of carbonyl (C=O) groups excluding carboxylic acids is 1. The van der Waals surface area contributed by atoms with Crippen molar-refractivity contribution >= 4 is 33.2 Å². The summed E-state index contributed by atoms with van der Waals surface area (Å²) >= 11 is 3.36. The highest BCUT2D eigenvalue weighted by atomic mass is 79.9. The molecule has 2 heterocycles. The molecule has 0 saturated carbocycles. The van der Waals surface area contributed by atoms with Crippen LogP contribution in [0, 0.1) is 0 Å². The van der Waals surface area contributed by atoms with Gasteiger partial charge in [0.05, 0.1) is 4.47 Å². The summed E-state index contributed by atoms with van der Waals surface area (Å²) in [4.78, 5) is 16.3. The third-order valence-electron chi connectivity index (χ3n) is 2.59. The number of anilines is 1. The van der Waals surface area contributed by atoms with Crippen LogP contribution < -0.4 is 5.32 Å². The number of nitrogens with one attached hydrogen (secondary N) is 1. The third kappa shape index (κ3) is 2.22. The molecule has 2 aromatic heterocycles. The van der Waals surface area contributed by atoms with Crippen LogP contribution in [0.3, 0.4) is 0 Å². The molecule has 3 aromatic rings. The molecule has 19 heavy (non-hydrogen) atoms. The van der Waals surface area contributed by atoms with Crippen LogP contribution in [0.15, 0.2) is 53.3 Å². The molecule has 0 atom stereocenters. The van der Waals surface area contributed by atoms with Crippen molar-refractivity contribution in [3.63, 3.8) is 0 Å². The van der Waals surface area contributed by atoms with Crippen LogP contribution >= 0.6 is 15.9 Å². The number of carbonyl (C=O) groups is 1. The molecule has 0 unspecified atom stereocenters. The number of amides is 1. The molecule has 0 fully saturated rings. The molecule has 3 rings (SSSR count). The van der Waals surface area contributed by atoms with Crippen LogP contribution in [0.4, 0.5) is 5.69 Å². The third-order valence-corrected chi connectivity index (χ3v) is 3.32. The first-order valence-electron chi connectivity index (χ1n) is 5.61. The first kappa shape index (κ1) is 11.9. The van der Waals surface area contributed by atoms with E-state index in [1.165, 1.54) is 0 Å². The molecule has 1 N–H and O–H groups in total. The van der Waals surface area contributed by atoms with E-state index in [1.54, 1.807) is 23.0 Å². The predicted octanol–water partition coefficient (Wildman–Crippen LogP) is 2.74. The number of fused-ring (bicyclic) bond motifs is 1. The summed E-state index contributed by atoms with van der Waals surface area (Å²) in [5, 5.41) is 6.99. The molecule has 0 bridgehead atoms. The van der Waals surface area contributed by atoms with E-state index in [0.29, 0.717) is 15.8 Å². The van der Waals surface area contributed by atoms with E-state index >= 15 is 0 Å². The minimum atomic E-state index is -0.274. The fourth-order valence-electron chi connectivity index (χ4n) is 1.72. The maximum atomic E-state index is 12.2. The summed E-state index contributed by atoms with van der Waals surface area (Å²) in [6.45, 7) is 0. The number of nitrogens with zero attached hydrogens (tertiary/aromatic N) is 3. The molecular formula is C13H9BrN4O. The maximum absolute atomic E-state index is 12.2. The first-order chi connectivity index (χ1) is 9.25. The van der Waals surface area contributed by atoms with Crippen LogP contribution in [0.1, 0.15) is 10.5 Å². The van der Waals surface area contributed by atoms with E-state index in [1.807, 2.05) is 30.3 Å². The number of aromatic nitrogens is 3. The molecule has 0 spiro atoms. The Hall–Kier alpha value is -2.21. The summed E-state index contributed by atoms with van der Waals surface area (Å²) < 4.78 is 2.14. The molecule has 94 valence electrons. The Morgan fingerprint density at radius 1 is 1.21 bits per heavy atom. The van der Waals surface area contributed by atoms with Crippen molar-refractivity contribution in [2.75, 3.05) is 5.32 Å². The molecule has 0 aliphatic carbocycles. The molecule has 5 nitrogen and oxygen atoms in total. The zero-order valence-corrected chi connectivity index (χ0v) is 11.3. The normalized spacial score (nSPS) is 10.6. The van der Waals surface area contributed by atoms with Gasteiger partial charge >= 0.3 is 0 Å². The lowest BCUT2D eigenvalue weighted by molar-refractivity contribution is 0.102. The van der Waals surface area contributed by atoms with Gasteiger partial charge in [-0.3, -0.25) is 4.79 Å². The smallest absolute Gasteiger partial charge is 0.277 e. The van der Waals surface area contributed by atoms with Gasteiger partial charge in [0.25, 0.3) is 5.91 Å². The number of halogens is 1. The molecule has 0 saturated heterocycles. The van der Waals surface area contributed by atoms with Gasteiger partial charge in [0, 0.05) is 18.1 Å². The van der Waals surface area contributed by atoms with E-state index in [9.17, 15) is 4.79 Å². The summed E-state index contributed by atoms with van der Waals surface area (Å²) in [7, 11) is 0. The highest BCUT2D eigenvalue weighted by Crippen LogP contribution is 2.21. The van der Waals surface area contributed by atoms with Gasteiger partial charge in [0.2, 0.25) is 0 Å². The Balaban J connectivity index is 1.96. The first-order valence-corrected chi connectivity index (χ1v) is 6.40. The van der Waals surface area contributed by atoms with Gasteiger partial charge in [-0.05, 0) is 34.1 Å². The number of hydrogen-bond donors (Lipinski definition) is 1. The Morgan fingerprint density at radius 3 is 2.74 bits per heavy atom. The predicted molar refractivity (Wildman–Crippen MR) is 75.1 cm³/mol. The van der Waals surface area contributed by atoms with E-state index in [0.717, 1.165) is 5.69 Å². The highest BCUT2D eigenvalue weighted by Gasteiger charge is 2.18. The number of para-hydroxylation sites is 1. The van der Waals surface area contributed by atoms with Gasteiger partial charge in [-0.15, -0.1) is 0 Å². The fraction of sp³-hybridized carbons (Fsp3) is 0. The minimum Gasteiger partial charge on any atom is -0.321 e. The molecule has 0 aliphatic rings. The Bertz CT molecular complexity index is 739. The van der Waals surface area contributed by atoms with Crippen molar-refractivity contribution in [1.29, 1.82) is 0 Å². The van der Waals surface area contributed by atoms with Crippen molar-refractivity contribution < 1.29 is 4.79 Å². The zero-order chi connectivity index (χ0) is 13.2. The van der Waals surface area contributed by atoms with Gasteiger partial charge in [0.1, 0.15) is 0 Å². The Kier molecular flexibility index (Phi) is 3.00. The van der Waals surface area contributed by atoms with Crippen LogP contribution in [0.2, 0.25) is 0 Å². The van der Waals surface area contributed by atoms with Gasteiger partial charge in [0.15, 0.2) is 11.3 Å². The van der Waals surface area contributed by atoms with E-state index in [-0.39, 0.29) is 5.91 Å². The van der Waals surface area contributed by atoms with Crippen molar-refractivity contribution in [3.05, 3.63) is 59.0 Å². The van der Waals surface area contributed by atoms with Gasteiger partial charge < -0.3 is 5.32 Å². The second-order valence-electron chi connectivity index (χ2n) is 3.87. The SMILES string of the molecule is O=C(Nc1ccccc1)c1nn2cccnc2c1Br. The molecule has 6 heteroatoms. The molecular weight excluding hydrogens is 308 g/mol. The molecule has 0 radical (unpaired) electrons. The average Bonchev–Trinajstić information content (AvgIpc) is 2.78. The van der Waals surface area contributed by atoms with E-state index in [4.69, 9.17) is 0 Å². The molecule has 1 amide bonds. The monoisotopic (exact) mass is 316 g/mol. The van der Waals surface area contributed by atoms with Gasteiger partial charge in [-0.1, -0.05) is 18.2 Å².